The van der Waals surface area contributed by atoms with Gasteiger partial charge in [-0.05, 0) is 48.7 Å². The summed E-state index contributed by atoms with van der Waals surface area (Å²) in [6.45, 7) is 3.85. The van der Waals surface area contributed by atoms with Crippen LogP contribution in [0.3, 0.4) is 0 Å². The molecule has 0 radical (unpaired) electrons. The number of hydrogen-bond donors (Lipinski definition) is 1. The number of hydrogen-bond acceptors (Lipinski definition) is 5. The number of aliphatic hydroxyl groups excluding tert-OH is 1. The van der Waals surface area contributed by atoms with E-state index < -0.39 is 17.7 Å². The van der Waals surface area contributed by atoms with Crippen LogP contribution in [-0.4, -0.2) is 35.9 Å². The topological polar surface area (TPSA) is 76.1 Å². The van der Waals surface area contributed by atoms with E-state index in [1.165, 1.54) is 12.0 Å². The number of aliphatic hydroxyl groups is 1. The van der Waals surface area contributed by atoms with Gasteiger partial charge in [0.05, 0.1) is 43.0 Å². The second kappa shape index (κ2) is 9.84. The molecule has 180 valence electrons. The van der Waals surface area contributed by atoms with E-state index in [1.807, 2.05) is 56.3 Å². The second-order valence-corrected chi connectivity index (χ2v) is 8.83. The first-order valence-corrected chi connectivity index (χ1v) is 11.5. The van der Waals surface area contributed by atoms with E-state index in [4.69, 9.17) is 21.1 Å². The van der Waals surface area contributed by atoms with Gasteiger partial charge in [-0.15, -0.1) is 0 Å². The zero-order valence-electron chi connectivity index (χ0n) is 20.0. The number of Topliss-reactive ketones (excluding diaryl/α,β-unsaturated/α-hetero) is 1. The highest BCUT2D eigenvalue weighted by molar-refractivity contribution is 6.46. The molecule has 0 bridgehead atoms. The number of nitrogens with zero attached hydrogens (tertiary/aromatic N) is 1. The summed E-state index contributed by atoms with van der Waals surface area (Å²) in [5, 5.41) is 11.8. The molecule has 1 aliphatic rings. The monoisotopic (exact) mass is 491 g/mol. The molecule has 1 atom stereocenters. The molecule has 6 nitrogen and oxygen atoms in total. The van der Waals surface area contributed by atoms with Gasteiger partial charge >= 0.3 is 0 Å². The molecule has 1 heterocycles. The number of methoxy groups -OCH3 is 2. The molecule has 1 N–H and O–H groups in total. The van der Waals surface area contributed by atoms with E-state index in [1.54, 1.807) is 25.3 Å². The van der Waals surface area contributed by atoms with Gasteiger partial charge in [-0.2, -0.15) is 0 Å². The number of carbonyl (C=O) groups is 2. The minimum atomic E-state index is -0.815. The summed E-state index contributed by atoms with van der Waals surface area (Å²) in [6, 6.07) is 17.4. The van der Waals surface area contributed by atoms with Crippen LogP contribution >= 0.6 is 11.6 Å². The first-order chi connectivity index (χ1) is 16.8. The number of rotatable bonds is 6. The average molecular weight is 492 g/mol. The molecular formula is C28H26ClNO5. The molecule has 0 aromatic heterocycles. The van der Waals surface area contributed by atoms with Crippen molar-refractivity contribution in [1.82, 2.24) is 4.90 Å². The normalized spacial score (nSPS) is 17.1. The number of carbonyl (C=O) groups excluding carboxylic acids is 2. The van der Waals surface area contributed by atoms with Gasteiger partial charge in [0, 0.05) is 5.56 Å². The van der Waals surface area contributed by atoms with Crippen molar-refractivity contribution in [2.45, 2.75) is 26.4 Å². The van der Waals surface area contributed by atoms with Crippen LogP contribution < -0.4 is 9.47 Å². The quantitative estimate of drug-likeness (QED) is 0.276. The molecule has 1 aliphatic heterocycles. The smallest absolute Gasteiger partial charge is 0.295 e. The number of ether oxygens (including phenoxy) is 2. The maximum atomic E-state index is 13.4. The first kappa shape index (κ1) is 24.4. The number of ketones is 1. The molecule has 0 aliphatic carbocycles. The summed E-state index contributed by atoms with van der Waals surface area (Å²) in [4.78, 5) is 28.3. The highest BCUT2D eigenvalue weighted by Crippen LogP contribution is 2.44. The Bertz CT molecular complexity index is 1350. The van der Waals surface area contributed by atoms with Crippen LogP contribution in [0.1, 0.15) is 33.9 Å². The van der Waals surface area contributed by atoms with Gasteiger partial charge in [-0.3, -0.25) is 9.59 Å². The second-order valence-electron chi connectivity index (χ2n) is 8.42. The van der Waals surface area contributed by atoms with E-state index in [0.717, 1.165) is 22.3 Å². The molecular weight excluding hydrogens is 466 g/mol. The highest BCUT2D eigenvalue weighted by atomic mass is 35.5. The molecule has 3 aromatic carbocycles. The zero-order chi connectivity index (χ0) is 25.3. The summed E-state index contributed by atoms with van der Waals surface area (Å²) in [6.07, 6.45) is 0. The fourth-order valence-corrected chi connectivity index (χ4v) is 4.89. The third-order valence-corrected chi connectivity index (χ3v) is 6.48. The molecule has 4 rings (SSSR count). The Morgan fingerprint density at radius 2 is 1.69 bits per heavy atom. The molecule has 0 spiro atoms. The maximum Gasteiger partial charge on any atom is 0.295 e. The average Bonchev–Trinajstić information content (AvgIpc) is 3.08. The Kier molecular flexibility index (Phi) is 6.85. The fraction of sp³-hybridized carbons (Fsp3) is 0.214. The van der Waals surface area contributed by atoms with Crippen LogP contribution in [0.5, 0.6) is 11.5 Å². The lowest BCUT2D eigenvalue weighted by molar-refractivity contribution is -0.140. The van der Waals surface area contributed by atoms with Crippen molar-refractivity contribution in [2.75, 3.05) is 14.2 Å². The number of para-hydroxylation sites is 1. The Balaban J connectivity index is 1.96. The Labute approximate surface area is 209 Å². The molecule has 1 unspecified atom stereocenters. The van der Waals surface area contributed by atoms with Gasteiger partial charge in [-0.25, -0.2) is 0 Å². The number of benzene rings is 3. The van der Waals surface area contributed by atoms with Gasteiger partial charge in [-0.1, -0.05) is 54.1 Å². The van der Waals surface area contributed by atoms with Crippen LogP contribution in [0.2, 0.25) is 5.02 Å². The third kappa shape index (κ3) is 4.37. The largest absolute Gasteiger partial charge is 0.507 e. The van der Waals surface area contributed by atoms with Crippen molar-refractivity contribution in [3.63, 3.8) is 0 Å². The number of aryl methyl sites for hydroxylation is 2. The van der Waals surface area contributed by atoms with Gasteiger partial charge in [0.25, 0.3) is 11.7 Å². The number of amides is 1. The van der Waals surface area contributed by atoms with E-state index in [0.29, 0.717) is 10.8 Å². The van der Waals surface area contributed by atoms with Gasteiger partial charge < -0.3 is 19.5 Å². The number of likely N-dealkylation sites (tertiary alicyclic amines) is 1. The number of halogens is 1. The lowest BCUT2D eigenvalue weighted by Crippen LogP contribution is -2.29. The molecule has 35 heavy (non-hydrogen) atoms. The van der Waals surface area contributed by atoms with Crippen molar-refractivity contribution in [3.8, 4) is 11.5 Å². The van der Waals surface area contributed by atoms with E-state index >= 15 is 0 Å². The standard InChI is InChI=1S/C28H26ClNO5/c1-16-13-20(27(35-4)21(29)14-16)25(31)23-24(19-11-7-5-9-17(19)2)30(28(33)26(23)32)15-18-10-6-8-12-22(18)34-3/h5-14,24,31H,15H2,1-4H3/b25-23+. The predicted octanol–water partition coefficient (Wildman–Crippen LogP) is 5.60. The van der Waals surface area contributed by atoms with Crippen LogP contribution in [0.4, 0.5) is 0 Å². The van der Waals surface area contributed by atoms with E-state index in [9.17, 15) is 14.7 Å². The maximum absolute atomic E-state index is 13.4. The zero-order valence-corrected chi connectivity index (χ0v) is 20.7. The van der Waals surface area contributed by atoms with Gasteiger partial charge in [0.1, 0.15) is 17.3 Å². The van der Waals surface area contributed by atoms with Crippen molar-refractivity contribution in [1.29, 1.82) is 0 Å². The third-order valence-electron chi connectivity index (χ3n) is 6.20. The Hall–Kier alpha value is -3.77. The molecule has 0 saturated carbocycles. The van der Waals surface area contributed by atoms with Crippen LogP contribution in [0, 0.1) is 13.8 Å². The summed E-state index contributed by atoms with van der Waals surface area (Å²) in [5.74, 6) is -0.977. The summed E-state index contributed by atoms with van der Waals surface area (Å²) in [7, 11) is 2.99. The lowest BCUT2D eigenvalue weighted by atomic mass is 9.92. The van der Waals surface area contributed by atoms with E-state index in [2.05, 4.69) is 0 Å². The Morgan fingerprint density at radius 3 is 2.37 bits per heavy atom. The van der Waals surface area contributed by atoms with Crippen molar-refractivity contribution < 1.29 is 24.2 Å². The van der Waals surface area contributed by atoms with Crippen molar-refractivity contribution >= 4 is 29.1 Å². The van der Waals surface area contributed by atoms with Crippen molar-refractivity contribution in [2.24, 2.45) is 0 Å². The van der Waals surface area contributed by atoms with Gasteiger partial charge in [0.15, 0.2) is 0 Å². The van der Waals surface area contributed by atoms with Crippen LogP contribution in [0.25, 0.3) is 5.76 Å². The lowest BCUT2D eigenvalue weighted by Gasteiger charge is -2.27. The van der Waals surface area contributed by atoms with Crippen molar-refractivity contribution in [3.05, 3.63) is 99.1 Å². The fourth-order valence-electron chi connectivity index (χ4n) is 4.53. The van der Waals surface area contributed by atoms with Crippen LogP contribution in [0.15, 0.2) is 66.2 Å². The summed E-state index contributed by atoms with van der Waals surface area (Å²) in [5.41, 5.74) is 3.37. The summed E-state index contributed by atoms with van der Waals surface area (Å²) >= 11 is 6.36. The SMILES string of the molecule is COc1ccccc1CN1C(=O)C(=O)/C(=C(/O)c2cc(C)cc(Cl)c2OC)C1c1ccccc1C. The summed E-state index contributed by atoms with van der Waals surface area (Å²) < 4.78 is 10.9. The molecule has 1 amide bonds. The molecule has 1 saturated heterocycles. The predicted molar refractivity (Wildman–Crippen MR) is 135 cm³/mol. The molecule has 1 fully saturated rings. The highest BCUT2D eigenvalue weighted by Gasteiger charge is 2.47. The minimum Gasteiger partial charge on any atom is -0.507 e. The van der Waals surface area contributed by atoms with Gasteiger partial charge in [0.2, 0.25) is 0 Å². The minimum absolute atomic E-state index is 0.0147. The molecule has 3 aromatic rings. The van der Waals surface area contributed by atoms with E-state index in [-0.39, 0.29) is 29.2 Å². The van der Waals surface area contributed by atoms with Crippen LogP contribution in [-0.2, 0) is 16.1 Å². The Morgan fingerprint density at radius 1 is 1.00 bits per heavy atom. The molecule has 7 heteroatoms. The first-order valence-electron chi connectivity index (χ1n) is 11.1.